The first-order chi connectivity index (χ1) is 9.34. The van der Waals surface area contributed by atoms with E-state index in [1.54, 1.807) is 0 Å². The van der Waals surface area contributed by atoms with E-state index in [-0.39, 0.29) is 6.54 Å². The van der Waals surface area contributed by atoms with Crippen molar-refractivity contribution in [2.24, 2.45) is 5.73 Å². The predicted octanol–water partition coefficient (Wildman–Crippen LogP) is 2.92. The zero-order valence-electron chi connectivity index (χ0n) is 10.0. The predicted molar refractivity (Wildman–Crippen MR) is 61.3 cm³/mol. The highest BCUT2D eigenvalue weighted by Gasteiger charge is 2.31. The van der Waals surface area contributed by atoms with Crippen molar-refractivity contribution in [2.45, 2.75) is 12.7 Å². The summed E-state index contributed by atoms with van der Waals surface area (Å²) < 4.78 is 59.5. The Bertz CT molecular complexity index is 519. The van der Waals surface area contributed by atoms with Crippen LogP contribution in [0.15, 0.2) is 36.7 Å². The number of pyridine rings is 2. The Kier molecular flexibility index (Phi) is 5.51. The van der Waals surface area contributed by atoms with Crippen LogP contribution >= 0.6 is 0 Å². The Balaban J connectivity index is 0.000000217. The summed E-state index contributed by atoms with van der Waals surface area (Å²) >= 11 is 0. The zero-order chi connectivity index (χ0) is 15.2. The van der Waals surface area contributed by atoms with Gasteiger partial charge in [0, 0.05) is 18.9 Å². The van der Waals surface area contributed by atoms with Gasteiger partial charge in [-0.3, -0.25) is 4.98 Å². The van der Waals surface area contributed by atoms with Crippen LogP contribution in [-0.4, -0.2) is 9.97 Å². The molecule has 0 spiro atoms. The van der Waals surface area contributed by atoms with Crippen LogP contribution in [-0.2, 0) is 12.7 Å². The van der Waals surface area contributed by atoms with Crippen LogP contribution in [0, 0.1) is 11.8 Å². The standard InChI is InChI=1S/C7H7F3N2.C5H3F2N/c8-7(9,10)6-2-1-5(3-11)4-12-6;6-4-2-1-3-8-5(4)7/h1-2,4H,3,11H2;1-3H. The second-order valence-corrected chi connectivity index (χ2v) is 3.53. The molecule has 2 rings (SSSR count). The van der Waals surface area contributed by atoms with Gasteiger partial charge >= 0.3 is 6.18 Å². The Morgan fingerprint density at radius 1 is 1.05 bits per heavy atom. The molecule has 0 unspecified atom stereocenters. The summed E-state index contributed by atoms with van der Waals surface area (Å²) in [7, 11) is 0. The van der Waals surface area contributed by atoms with Gasteiger partial charge in [-0.25, -0.2) is 9.37 Å². The smallest absolute Gasteiger partial charge is 0.326 e. The topological polar surface area (TPSA) is 51.8 Å². The normalized spacial score (nSPS) is 10.7. The number of alkyl halides is 3. The van der Waals surface area contributed by atoms with Crippen LogP contribution in [0.3, 0.4) is 0 Å². The third kappa shape index (κ3) is 4.88. The highest BCUT2D eigenvalue weighted by Crippen LogP contribution is 2.26. The summed E-state index contributed by atoms with van der Waals surface area (Å²) in [5.74, 6) is -1.96. The van der Waals surface area contributed by atoms with E-state index < -0.39 is 23.6 Å². The Morgan fingerprint density at radius 3 is 2.10 bits per heavy atom. The number of hydrogen-bond donors (Lipinski definition) is 1. The number of hydrogen-bond acceptors (Lipinski definition) is 3. The zero-order valence-corrected chi connectivity index (χ0v) is 10.0. The van der Waals surface area contributed by atoms with Gasteiger partial charge < -0.3 is 5.73 Å². The number of aromatic nitrogens is 2. The van der Waals surface area contributed by atoms with Gasteiger partial charge in [0.1, 0.15) is 5.69 Å². The molecule has 8 heteroatoms. The van der Waals surface area contributed by atoms with Crippen LogP contribution < -0.4 is 5.73 Å². The molecule has 108 valence electrons. The van der Waals surface area contributed by atoms with Gasteiger partial charge in [0.05, 0.1) is 0 Å². The minimum atomic E-state index is -4.37. The molecule has 0 aliphatic heterocycles. The Hall–Kier alpha value is -2.09. The van der Waals surface area contributed by atoms with Gasteiger partial charge in [0.25, 0.3) is 0 Å². The third-order valence-corrected chi connectivity index (χ3v) is 2.06. The molecule has 0 aliphatic rings. The molecule has 2 N–H and O–H groups in total. The largest absolute Gasteiger partial charge is 0.433 e. The van der Waals surface area contributed by atoms with Gasteiger partial charge in [-0.05, 0) is 23.8 Å². The molecule has 0 amide bonds. The van der Waals surface area contributed by atoms with Crippen LogP contribution in [0.1, 0.15) is 11.3 Å². The summed E-state index contributed by atoms with van der Waals surface area (Å²) in [6, 6.07) is 4.58. The lowest BCUT2D eigenvalue weighted by Gasteiger charge is -2.04. The van der Waals surface area contributed by atoms with E-state index in [1.165, 1.54) is 18.3 Å². The maximum atomic E-state index is 11.9. The highest BCUT2D eigenvalue weighted by molar-refractivity contribution is 5.15. The van der Waals surface area contributed by atoms with Crippen molar-refractivity contribution in [1.29, 1.82) is 0 Å². The Labute approximate surface area is 111 Å². The molecule has 2 aromatic heterocycles. The monoisotopic (exact) mass is 291 g/mol. The quantitative estimate of drug-likeness (QED) is 0.649. The van der Waals surface area contributed by atoms with Gasteiger partial charge in [0.2, 0.25) is 5.95 Å². The van der Waals surface area contributed by atoms with Crippen molar-refractivity contribution in [2.75, 3.05) is 0 Å². The molecule has 0 aliphatic carbocycles. The highest BCUT2D eigenvalue weighted by atomic mass is 19.4. The van der Waals surface area contributed by atoms with E-state index >= 15 is 0 Å². The summed E-state index contributed by atoms with van der Waals surface area (Å²) in [6.07, 6.45) is -2.05. The second kappa shape index (κ2) is 6.90. The average Bonchev–Trinajstić information content (AvgIpc) is 2.42. The summed E-state index contributed by atoms with van der Waals surface area (Å²) in [6.45, 7) is 0.200. The molecule has 20 heavy (non-hydrogen) atoms. The van der Waals surface area contributed by atoms with Crippen LogP contribution in [0.4, 0.5) is 22.0 Å². The molecule has 0 aromatic carbocycles. The summed E-state index contributed by atoms with van der Waals surface area (Å²) in [5, 5.41) is 0. The molecule has 0 radical (unpaired) electrons. The molecule has 0 saturated heterocycles. The molecule has 0 saturated carbocycles. The van der Waals surface area contributed by atoms with Crippen molar-refractivity contribution in [3.8, 4) is 0 Å². The fourth-order valence-electron chi connectivity index (χ4n) is 1.08. The van der Waals surface area contributed by atoms with E-state index in [1.807, 2.05) is 0 Å². The van der Waals surface area contributed by atoms with Crippen molar-refractivity contribution in [3.05, 3.63) is 59.7 Å². The first-order valence-electron chi connectivity index (χ1n) is 5.33. The Morgan fingerprint density at radius 2 is 1.75 bits per heavy atom. The van der Waals surface area contributed by atoms with E-state index in [9.17, 15) is 22.0 Å². The number of nitrogens with two attached hydrogens (primary N) is 1. The molecule has 3 nitrogen and oxygen atoms in total. The van der Waals surface area contributed by atoms with Crippen molar-refractivity contribution >= 4 is 0 Å². The lowest BCUT2D eigenvalue weighted by molar-refractivity contribution is -0.141. The SMILES string of the molecule is Fc1cccnc1F.NCc1ccc(C(F)(F)F)nc1. The van der Waals surface area contributed by atoms with Gasteiger partial charge in [-0.1, -0.05) is 6.07 Å². The molecule has 2 heterocycles. The molecular formula is C12H10F5N3. The number of halogens is 5. The average molecular weight is 291 g/mol. The van der Waals surface area contributed by atoms with E-state index in [0.717, 1.165) is 18.3 Å². The fraction of sp³-hybridized carbons (Fsp3) is 0.167. The van der Waals surface area contributed by atoms with Crippen LogP contribution in [0.2, 0.25) is 0 Å². The molecule has 0 fully saturated rings. The van der Waals surface area contributed by atoms with Crippen molar-refractivity contribution < 1.29 is 22.0 Å². The number of rotatable bonds is 1. The molecule has 0 bridgehead atoms. The first kappa shape index (κ1) is 16.0. The van der Waals surface area contributed by atoms with Gasteiger partial charge in [-0.15, -0.1) is 0 Å². The first-order valence-corrected chi connectivity index (χ1v) is 5.33. The van der Waals surface area contributed by atoms with Gasteiger partial charge in [-0.2, -0.15) is 17.6 Å². The van der Waals surface area contributed by atoms with E-state index in [0.29, 0.717) is 5.56 Å². The van der Waals surface area contributed by atoms with Crippen molar-refractivity contribution in [3.63, 3.8) is 0 Å². The second-order valence-electron chi connectivity index (χ2n) is 3.53. The fourth-order valence-corrected chi connectivity index (χ4v) is 1.08. The summed E-state index contributed by atoms with van der Waals surface area (Å²) in [4.78, 5) is 6.25. The lowest BCUT2D eigenvalue weighted by Crippen LogP contribution is -2.08. The lowest BCUT2D eigenvalue weighted by atomic mass is 10.2. The minimum Gasteiger partial charge on any atom is -0.326 e. The maximum absolute atomic E-state index is 11.9. The summed E-state index contributed by atoms with van der Waals surface area (Å²) in [5.41, 5.74) is 4.88. The van der Waals surface area contributed by atoms with Crippen LogP contribution in [0.25, 0.3) is 0 Å². The van der Waals surface area contributed by atoms with Gasteiger partial charge in [0.15, 0.2) is 5.82 Å². The van der Waals surface area contributed by atoms with Crippen molar-refractivity contribution in [1.82, 2.24) is 9.97 Å². The molecule has 2 aromatic rings. The maximum Gasteiger partial charge on any atom is 0.433 e. The van der Waals surface area contributed by atoms with E-state index in [4.69, 9.17) is 5.73 Å². The third-order valence-electron chi connectivity index (χ3n) is 2.06. The molecular weight excluding hydrogens is 281 g/mol. The van der Waals surface area contributed by atoms with E-state index in [2.05, 4.69) is 9.97 Å². The minimum absolute atomic E-state index is 0.200. The molecule has 0 atom stereocenters. The number of nitrogens with zero attached hydrogens (tertiary/aromatic N) is 2. The van der Waals surface area contributed by atoms with Crippen LogP contribution in [0.5, 0.6) is 0 Å².